The SMILES string of the molecule is CCC(OC(=O)c1cccc2cccc(-c3nc4ccccc4s3)c12)C(=O)Nc1c(C)cccc1C. The Morgan fingerprint density at radius 2 is 1.61 bits per heavy atom. The normalized spacial score (nSPS) is 12.0. The van der Waals surface area contributed by atoms with Gasteiger partial charge in [0.25, 0.3) is 5.91 Å². The van der Waals surface area contributed by atoms with Crippen LogP contribution < -0.4 is 5.32 Å². The van der Waals surface area contributed by atoms with Crippen LogP contribution in [0.25, 0.3) is 31.6 Å². The van der Waals surface area contributed by atoms with E-state index in [1.54, 1.807) is 17.4 Å². The van der Waals surface area contributed by atoms with Crippen molar-refractivity contribution >= 4 is 49.9 Å². The van der Waals surface area contributed by atoms with Crippen LogP contribution in [0, 0.1) is 13.8 Å². The maximum Gasteiger partial charge on any atom is 0.339 e. The van der Waals surface area contributed by atoms with Crippen molar-refractivity contribution in [1.82, 2.24) is 4.98 Å². The van der Waals surface area contributed by atoms with E-state index < -0.39 is 12.1 Å². The highest BCUT2D eigenvalue weighted by Gasteiger charge is 2.25. The molecule has 1 amide bonds. The number of rotatable bonds is 6. The quantitative estimate of drug-likeness (QED) is 0.251. The molecule has 36 heavy (non-hydrogen) atoms. The first-order chi connectivity index (χ1) is 17.5. The number of carbonyl (C=O) groups is 2. The highest BCUT2D eigenvalue weighted by atomic mass is 32.1. The van der Waals surface area contributed by atoms with Gasteiger partial charge in [0.05, 0.1) is 15.8 Å². The predicted octanol–water partition coefficient (Wildman–Crippen LogP) is 7.31. The van der Waals surface area contributed by atoms with E-state index in [2.05, 4.69) is 5.32 Å². The first-order valence-corrected chi connectivity index (χ1v) is 12.7. The van der Waals surface area contributed by atoms with E-state index in [0.717, 1.165) is 48.4 Å². The van der Waals surface area contributed by atoms with Crippen molar-refractivity contribution in [2.75, 3.05) is 5.32 Å². The second kappa shape index (κ2) is 9.91. The van der Waals surface area contributed by atoms with E-state index >= 15 is 0 Å². The van der Waals surface area contributed by atoms with E-state index in [9.17, 15) is 9.59 Å². The fourth-order valence-corrected chi connectivity index (χ4v) is 5.40. The summed E-state index contributed by atoms with van der Waals surface area (Å²) in [5.41, 5.74) is 4.87. The average molecular weight is 495 g/mol. The van der Waals surface area contributed by atoms with Crippen LogP contribution in [0.15, 0.2) is 78.9 Å². The van der Waals surface area contributed by atoms with Crippen molar-refractivity contribution in [3.8, 4) is 10.6 Å². The smallest absolute Gasteiger partial charge is 0.339 e. The molecule has 1 atom stereocenters. The van der Waals surface area contributed by atoms with E-state index in [-0.39, 0.29) is 5.91 Å². The van der Waals surface area contributed by atoms with Gasteiger partial charge in [-0.05, 0) is 55.0 Å². The Balaban J connectivity index is 1.48. The predicted molar refractivity (Wildman–Crippen MR) is 147 cm³/mol. The number of esters is 1. The Kier molecular flexibility index (Phi) is 6.53. The molecule has 0 aliphatic carbocycles. The second-order valence-corrected chi connectivity index (χ2v) is 9.78. The zero-order valence-corrected chi connectivity index (χ0v) is 21.2. The number of nitrogens with zero attached hydrogens (tertiary/aromatic N) is 1. The number of amides is 1. The number of fused-ring (bicyclic) bond motifs is 2. The third-order valence-corrected chi connectivity index (χ3v) is 7.36. The van der Waals surface area contributed by atoms with E-state index in [1.165, 1.54) is 0 Å². The van der Waals surface area contributed by atoms with Crippen molar-refractivity contribution in [2.24, 2.45) is 0 Å². The third kappa shape index (κ3) is 4.48. The van der Waals surface area contributed by atoms with Gasteiger partial charge >= 0.3 is 5.97 Å². The summed E-state index contributed by atoms with van der Waals surface area (Å²) < 4.78 is 6.87. The number of thiazole rings is 1. The fraction of sp³-hybridized carbons (Fsp3) is 0.167. The topological polar surface area (TPSA) is 68.3 Å². The molecule has 1 unspecified atom stereocenters. The van der Waals surface area contributed by atoms with Gasteiger partial charge < -0.3 is 10.1 Å². The molecule has 5 rings (SSSR count). The molecule has 5 nitrogen and oxygen atoms in total. The number of ether oxygens (including phenoxy) is 1. The molecule has 0 aliphatic rings. The number of para-hydroxylation sites is 2. The van der Waals surface area contributed by atoms with Crippen molar-refractivity contribution in [3.05, 3.63) is 95.6 Å². The van der Waals surface area contributed by atoms with Gasteiger partial charge in [-0.2, -0.15) is 0 Å². The zero-order chi connectivity index (χ0) is 25.2. The van der Waals surface area contributed by atoms with Crippen LogP contribution in [0.5, 0.6) is 0 Å². The highest BCUT2D eigenvalue weighted by Crippen LogP contribution is 2.36. The first kappa shape index (κ1) is 23.7. The molecule has 5 aromatic rings. The van der Waals surface area contributed by atoms with E-state index in [0.29, 0.717) is 12.0 Å². The molecule has 0 aliphatic heterocycles. The average Bonchev–Trinajstić information content (AvgIpc) is 3.32. The highest BCUT2D eigenvalue weighted by molar-refractivity contribution is 7.21. The largest absolute Gasteiger partial charge is 0.449 e. The van der Waals surface area contributed by atoms with Crippen LogP contribution in [-0.2, 0) is 9.53 Å². The number of carbonyl (C=O) groups excluding carboxylic acids is 2. The van der Waals surface area contributed by atoms with Gasteiger partial charge in [0, 0.05) is 16.6 Å². The Labute approximate surface area is 213 Å². The summed E-state index contributed by atoms with van der Waals surface area (Å²) >= 11 is 1.59. The van der Waals surface area contributed by atoms with Crippen molar-refractivity contribution < 1.29 is 14.3 Å². The molecule has 0 saturated heterocycles. The van der Waals surface area contributed by atoms with Gasteiger partial charge in [-0.3, -0.25) is 4.79 Å². The molecular weight excluding hydrogens is 468 g/mol. The van der Waals surface area contributed by atoms with Crippen LogP contribution in [-0.4, -0.2) is 23.0 Å². The molecule has 0 radical (unpaired) electrons. The van der Waals surface area contributed by atoms with Crippen molar-refractivity contribution in [2.45, 2.75) is 33.3 Å². The molecule has 180 valence electrons. The number of benzene rings is 4. The Morgan fingerprint density at radius 1 is 0.917 bits per heavy atom. The number of hydrogen-bond acceptors (Lipinski definition) is 5. The lowest BCUT2D eigenvalue weighted by Gasteiger charge is -2.19. The molecular formula is C30H26N2O3S. The summed E-state index contributed by atoms with van der Waals surface area (Å²) in [4.78, 5) is 31.3. The molecule has 4 aromatic carbocycles. The number of nitrogens with one attached hydrogen (secondary N) is 1. The van der Waals surface area contributed by atoms with Crippen LogP contribution in [0.2, 0.25) is 0 Å². The van der Waals surface area contributed by atoms with Gasteiger partial charge in [-0.1, -0.05) is 67.6 Å². The van der Waals surface area contributed by atoms with Crippen LogP contribution >= 0.6 is 11.3 Å². The van der Waals surface area contributed by atoms with Gasteiger partial charge in [0.2, 0.25) is 0 Å². The number of anilines is 1. The molecule has 0 fully saturated rings. The summed E-state index contributed by atoms with van der Waals surface area (Å²) in [5, 5.41) is 5.47. The maximum absolute atomic E-state index is 13.5. The summed E-state index contributed by atoms with van der Waals surface area (Å²) in [5.74, 6) is -0.868. The van der Waals surface area contributed by atoms with Gasteiger partial charge in [-0.15, -0.1) is 11.3 Å². The number of aromatic nitrogens is 1. The minimum Gasteiger partial charge on any atom is -0.449 e. The summed E-state index contributed by atoms with van der Waals surface area (Å²) in [7, 11) is 0. The van der Waals surface area contributed by atoms with Crippen LogP contribution in [0.4, 0.5) is 5.69 Å². The minimum absolute atomic E-state index is 0.338. The van der Waals surface area contributed by atoms with Crippen molar-refractivity contribution in [1.29, 1.82) is 0 Å². The lowest BCUT2D eigenvalue weighted by molar-refractivity contribution is -0.124. The van der Waals surface area contributed by atoms with Gasteiger partial charge in [0.15, 0.2) is 6.10 Å². The molecule has 1 heterocycles. The van der Waals surface area contributed by atoms with Crippen LogP contribution in [0.1, 0.15) is 34.8 Å². The third-order valence-electron chi connectivity index (χ3n) is 6.29. The molecule has 0 spiro atoms. The van der Waals surface area contributed by atoms with E-state index in [1.807, 2.05) is 93.6 Å². The lowest BCUT2D eigenvalue weighted by atomic mass is 9.99. The molecule has 0 bridgehead atoms. The standard InChI is InChI=1S/C30H26N2O3S/c1-4-24(28(33)32-27-18(2)10-7-11-19(27)3)35-30(34)22-15-9-13-20-12-8-14-21(26(20)22)29-31-23-16-5-6-17-25(23)36-29/h5-17,24H,4H2,1-3H3,(H,32,33). The number of hydrogen-bond donors (Lipinski definition) is 1. The maximum atomic E-state index is 13.5. The molecule has 0 saturated carbocycles. The Bertz CT molecular complexity index is 1550. The fourth-order valence-electron chi connectivity index (χ4n) is 4.41. The van der Waals surface area contributed by atoms with Crippen LogP contribution in [0.3, 0.4) is 0 Å². The summed E-state index contributed by atoms with van der Waals surface area (Å²) in [6.07, 6.45) is -0.556. The molecule has 6 heteroatoms. The van der Waals surface area contributed by atoms with Gasteiger partial charge in [0.1, 0.15) is 5.01 Å². The van der Waals surface area contributed by atoms with E-state index in [4.69, 9.17) is 9.72 Å². The Morgan fingerprint density at radius 3 is 2.33 bits per heavy atom. The Hall–Kier alpha value is -4.03. The second-order valence-electron chi connectivity index (χ2n) is 8.75. The molecule has 1 aromatic heterocycles. The van der Waals surface area contributed by atoms with Gasteiger partial charge in [-0.25, -0.2) is 9.78 Å². The lowest BCUT2D eigenvalue weighted by Crippen LogP contribution is -2.32. The number of aryl methyl sites for hydroxylation is 2. The zero-order valence-electron chi connectivity index (χ0n) is 20.4. The summed E-state index contributed by atoms with van der Waals surface area (Å²) in [6.45, 7) is 5.71. The molecule has 1 N–H and O–H groups in total. The summed E-state index contributed by atoms with van der Waals surface area (Å²) in [6, 6.07) is 25.3. The minimum atomic E-state index is -0.915. The first-order valence-electron chi connectivity index (χ1n) is 11.9. The van der Waals surface area contributed by atoms with Crippen molar-refractivity contribution in [3.63, 3.8) is 0 Å². The monoisotopic (exact) mass is 494 g/mol.